The summed E-state index contributed by atoms with van der Waals surface area (Å²) in [6.07, 6.45) is 1.52. The summed E-state index contributed by atoms with van der Waals surface area (Å²) < 4.78 is 0. The molecule has 0 atom stereocenters. The van der Waals surface area contributed by atoms with Crippen LogP contribution in [0.3, 0.4) is 0 Å². The van der Waals surface area contributed by atoms with Crippen LogP contribution in [0.2, 0.25) is 0 Å². The molecule has 0 rings (SSSR count). The standard InChI is InChI=1S/C8H15NO/c1-4-7(2)9-6-5-8(3)10/h9-10H,2-6H2,1H3. The van der Waals surface area contributed by atoms with Crippen molar-refractivity contribution in [3.05, 3.63) is 24.6 Å². The molecule has 10 heavy (non-hydrogen) atoms. The van der Waals surface area contributed by atoms with E-state index in [1.807, 2.05) is 6.92 Å². The minimum atomic E-state index is 0.219. The van der Waals surface area contributed by atoms with Gasteiger partial charge in [-0.05, 0) is 6.42 Å². The van der Waals surface area contributed by atoms with E-state index >= 15 is 0 Å². The number of hydrogen-bond acceptors (Lipinski definition) is 2. The van der Waals surface area contributed by atoms with E-state index in [9.17, 15) is 0 Å². The van der Waals surface area contributed by atoms with Gasteiger partial charge >= 0.3 is 0 Å². The molecule has 0 saturated carbocycles. The smallest absolute Gasteiger partial charge is 0.0868 e. The summed E-state index contributed by atoms with van der Waals surface area (Å²) >= 11 is 0. The summed E-state index contributed by atoms with van der Waals surface area (Å²) in [7, 11) is 0. The molecule has 58 valence electrons. The number of aliphatic hydroxyl groups excluding tert-OH is 1. The Kier molecular flexibility index (Phi) is 4.46. The molecule has 0 heterocycles. The van der Waals surface area contributed by atoms with E-state index in [1.54, 1.807) is 0 Å². The molecule has 0 spiro atoms. The number of allylic oxidation sites excluding steroid dienone is 1. The van der Waals surface area contributed by atoms with Gasteiger partial charge in [-0.3, -0.25) is 0 Å². The van der Waals surface area contributed by atoms with Gasteiger partial charge < -0.3 is 10.4 Å². The van der Waals surface area contributed by atoms with Crippen molar-refractivity contribution in [3.63, 3.8) is 0 Å². The summed E-state index contributed by atoms with van der Waals surface area (Å²) in [4.78, 5) is 0. The van der Waals surface area contributed by atoms with Crippen molar-refractivity contribution in [1.29, 1.82) is 0 Å². The van der Waals surface area contributed by atoms with Crippen LogP contribution in [0.1, 0.15) is 19.8 Å². The molecule has 2 nitrogen and oxygen atoms in total. The third-order valence-corrected chi connectivity index (χ3v) is 1.22. The van der Waals surface area contributed by atoms with Crippen LogP contribution < -0.4 is 5.32 Å². The van der Waals surface area contributed by atoms with E-state index in [-0.39, 0.29) is 5.76 Å². The van der Waals surface area contributed by atoms with Gasteiger partial charge in [-0.1, -0.05) is 20.1 Å². The first kappa shape index (κ1) is 9.08. The summed E-state index contributed by atoms with van der Waals surface area (Å²) in [5.41, 5.74) is 1.00. The van der Waals surface area contributed by atoms with E-state index in [4.69, 9.17) is 5.11 Å². The largest absolute Gasteiger partial charge is 0.513 e. The molecule has 0 saturated heterocycles. The molecule has 0 fully saturated rings. The van der Waals surface area contributed by atoms with Gasteiger partial charge in [-0.2, -0.15) is 0 Å². The highest BCUT2D eigenvalue weighted by Crippen LogP contribution is 1.93. The second-order valence-corrected chi connectivity index (χ2v) is 2.20. The van der Waals surface area contributed by atoms with Crippen LogP contribution >= 0.6 is 0 Å². The lowest BCUT2D eigenvalue weighted by Gasteiger charge is -2.05. The van der Waals surface area contributed by atoms with E-state index in [1.165, 1.54) is 0 Å². The van der Waals surface area contributed by atoms with Crippen LogP contribution in [0.5, 0.6) is 0 Å². The fraction of sp³-hybridized carbons (Fsp3) is 0.500. The van der Waals surface area contributed by atoms with E-state index < -0.39 is 0 Å². The first-order valence-corrected chi connectivity index (χ1v) is 3.45. The van der Waals surface area contributed by atoms with Crippen LogP contribution in [0.4, 0.5) is 0 Å². The minimum Gasteiger partial charge on any atom is -0.513 e. The third-order valence-electron chi connectivity index (χ3n) is 1.22. The number of rotatable bonds is 5. The van der Waals surface area contributed by atoms with Gasteiger partial charge in [-0.15, -0.1) is 0 Å². The van der Waals surface area contributed by atoms with Gasteiger partial charge in [0.05, 0.1) is 5.76 Å². The highest BCUT2D eigenvalue weighted by Gasteiger charge is 1.89. The average molecular weight is 141 g/mol. The molecule has 0 aromatic carbocycles. The summed E-state index contributed by atoms with van der Waals surface area (Å²) in [5.74, 6) is 0.219. The molecule has 0 amide bonds. The second-order valence-electron chi connectivity index (χ2n) is 2.20. The molecule has 0 aromatic rings. The van der Waals surface area contributed by atoms with Crippen molar-refractivity contribution in [2.75, 3.05) is 6.54 Å². The molecule has 2 N–H and O–H groups in total. The van der Waals surface area contributed by atoms with Crippen LogP contribution in [0, 0.1) is 0 Å². The summed E-state index contributed by atoms with van der Waals surface area (Å²) in [6, 6.07) is 0. The lowest BCUT2D eigenvalue weighted by molar-refractivity contribution is 0.389. The van der Waals surface area contributed by atoms with Crippen LogP contribution in [-0.2, 0) is 0 Å². The van der Waals surface area contributed by atoms with Crippen LogP contribution in [-0.4, -0.2) is 11.7 Å². The Morgan fingerprint density at radius 1 is 1.50 bits per heavy atom. The Bertz CT molecular complexity index is 129. The lowest BCUT2D eigenvalue weighted by Crippen LogP contribution is -2.13. The molecule has 0 aliphatic carbocycles. The zero-order chi connectivity index (χ0) is 7.98. The number of nitrogens with one attached hydrogen (secondary N) is 1. The van der Waals surface area contributed by atoms with Gasteiger partial charge in [-0.25, -0.2) is 0 Å². The minimum absolute atomic E-state index is 0.219. The molecule has 0 radical (unpaired) electrons. The predicted octanol–water partition coefficient (Wildman–Crippen LogP) is 1.96. The fourth-order valence-electron chi connectivity index (χ4n) is 0.509. The quantitative estimate of drug-likeness (QED) is 0.574. The SMILES string of the molecule is C=C(O)CCNC(=C)CC. The Labute approximate surface area is 62.3 Å². The monoisotopic (exact) mass is 141 g/mol. The molecule has 0 aliphatic heterocycles. The third kappa shape index (κ3) is 5.22. The number of aliphatic hydroxyl groups is 1. The maximum Gasteiger partial charge on any atom is 0.0868 e. The molecule has 0 aromatic heterocycles. The predicted molar refractivity (Wildman–Crippen MR) is 43.8 cm³/mol. The average Bonchev–Trinajstić information content (AvgIpc) is 1.87. The summed E-state index contributed by atoms with van der Waals surface area (Å²) in [5, 5.41) is 11.7. The number of hydrogen-bond donors (Lipinski definition) is 2. The molecule has 0 unspecified atom stereocenters. The Balaban J connectivity index is 3.20. The zero-order valence-electron chi connectivity index (χ0n) is 6.48. The lowest BCUT2D eigenvalue weighted by atomic mass is 10.3. The van der Waals surface area contributed by atoms with Crippen LogP contribution in [0.25, 0.3) is 0 Å². The highest BCUT2D eigenvalue weighted by molar-refractivity contribution is 4.90. The van der Waals surface area contributed by atoms with E-state index in [0.717, 1.165) is 18.7 Å². The molecular formula is C8H15NO. The Morgan fingerprint density at radius 2 is 2.10 bits per heavy atom. The fourth-order valence-corrected chi connectivity index (χ4v) is 0.509. The first-order valence-electron chi connectivity index (χ1n) is 3.45. The molecule has 0 bridgehead atoms. The van der Waals surface area contributed by atoms with Crippen molar-refractivity contribution in [3.8, 4) is 0 Å². The molecule has 2 heteroatoms. The van der Waals surface area contributed by atoms with Gasteiger partial charge in [0.15, 0.2) is 0 Å². The van der Waals surface area contributed by atoms with Gasteiger partial charge in [0.25, 0.3) is 0 Å². The Morgan fingerprint density at radius 3 is 2.50 bits per heavy atom. The van der Waals surface area contributed by atoms with E-state index in [2.05, 4.69) is 18.5 Å². The topological polar surface area (TPSA) is 32.3 Å². The first-order chi connectivity index (χ1) is 4.66. The summed E-state index contributed by atoms with van der Waals surface area (Å²) in [6.45, 7) is 9.87. The second kappa shape index (κ2) is 4.91. The normalized spacial score (nSPS) is 8.90. The van der Waals surface area contributed by atoms with Crippen LogP contribution in [0.15, 0.2) is 24.6 Å². The van der Waals surface area contributed by atoms with Crippen molar-refractivity contribution >= 4 is 0 Å². The van der Waals surface area contributed by atoms with Crippen molar-refractivity contribution in [2.24, 2.45) is 0 Å². The van der Waals surface area contributed by atoms with Crippen molar-refractivity contribution in [2.45, 2.75) is 19.8 Å². The Hall–Kier alpha value is -0.920. The van der Waals surface area contributed by atoms with E-state index in [0.29, 0.717) is 6.42 Å². The maximum atomic E-state index is 8.67. The highest BCUT2D eigenvalue weighted by atomic mass is 16.3. The van der Waals surface area contributed by atoms with Crippen molar-refractivity contribution < 1.29 is 5.11 Å². The molecular weight excluding hydrogens is 126 g/mol. The molecule has 0 aliphatic rings. The maximum absolute atomic E-state index is 8.67. The zero-order valence-corrected chi connectivity index (χ0v) is 6.48. The van der Waals surface area contributed by atoms with Gasteiger partial charge in [0.2, 0.25) is 0 Å². The van der Waals surface area contributed by atoms with Gasteiger partial charge in [0.1, 0.15) is 0 Å². The van der Waals surface area contributed by atoms with Gasteiger partial charge in [0, 0.05) is 18.7 Å². The van der Waals surface area contributed by atoms with Crippen molar-refractivity contribution in [1.82, 2.24) is 5.32 Å².